The molecule has 0 aliphatic carbocycles. The molecule has 0 unspecified atom stereocenters. The Kier molecular flexibility index (Phi) is 5.40. The number of carbonyl (C=O) groups excluding carboxylic acids is 1. The molecule has 2 aromatic carbocycles. The number of methoxy groups -OCH3 is 1. The number of ether oxygens (including phenoxy) is 1. The zero-order chi connectivity index (χ0) is 21.4. The third-order valence-corrected chi connectivity index (χ3v) is 6.75. The van der Waals surface area contributed by atoms with Crippen molar-refractivity contribution in [2.24, 2.45) is 0 Å². The first kappa shape index (κ1) is 20.1. The van der Waals surface area contributed by atoms with E-state index in [0.717, 1.165) is 86.2 Å². The number of rotatable bonds is 7. The van der Waals surface area contributed by atoms with Gasteiger partial charge in [-0.05, 0) is 73.5 Å². The highest BCUT2D eigenvalue weighted by atomic mass is 16.5. The van der Waals surface area contributed by atoms with E-state index in [9.17, 15) is 9.59 Å². The van der Waals surface area contributed by atoms with E-state index in [4.69, 9.17) is 4.74 Å². The molecule has 0 atom stereocenters. The minimum Gasteiger partial charge on any atom is -0.496 e. The van der Waals surface area contributed by atoms with Gasteiger partial charge in [-0.3, -0.25) is 14.3 Å². The highest BCUT2D eigenvalue weighted by Gasteiger charge is 2.20. The lowest BCUT2D eigenvalue weighted by atomic mass is 9.97. The molecule has 1 aromatic heterocycles. The summed E-state index contributed by atoms with van der Waals surface area (Å²) in [5, 5.41) is 0. The normalized spacial score (nSPS) is 15.8. The van der Waals surface area contributed by atoms with Crippen molar-refractivity contribution < 1.29 is 9.53 Å². The van der Waals surface area contributed by atoms with Gasteiger partial charge < -0.3 is 9.72 Å². The SMILES string of the molecule is COc1cccc2c1CCN(CCCCC(=O)c1cc3c4c(c1)[nH]c(=O)n4CCC3)C2. The van der Waals surface area contributed by atoms with Crippen molar-refractivity contribution in [1.82, 2.24) is 14.5 Å². The van der Waals surface area contributed by atoms with E-state index in [2.05, 4.69) is 22.0 Å². The summed E-state index contributed by atoms with van der Waals surface area (Å²) in [7, 11) is 1.74. The Morgan fingerprint density at radius 1 is 1.13 bits per heavy atom. The Balaban J connectivity index is 1.17. The lowest BCUT2D eigenvalue weighted by molar-refractivity contribution is 0.0977. The number of Topliss-reactive ketones (excluding diaryl/α,β-unsaturated/α-hetero) is 1. The van der Waals surface area contributed by atoms with Crippen LogP contribution in [0.4, 0.5) is 0 Å². The van der Waals surface area contributed by atoms with Gasteiger partial charge in [-0.25, -0.2) is 4.79 Å². The first-order chi connectivity index (χ1) is 15.1. The number of hydrogen-bond acceptors (Lipinski definition) is 4. The number of carbonyl (C=O) groups is 1. The third-order valence-electron chi connectivity index (χ3n) is 6.75. The number of nitrogens with one attached hydrogen (secondary N) is 1. The largest absolute Gasteiger partial charge is 0.496 e. The van der Waals surface area contributed by atoms with Crippen LogP contribution in [0.1, 0.15) is 52.7 Å². The van der Waals surface area contributed by atoms with E-state index in [1.54, 1.807) is 11.7 Å². The fourth-order valence-electron chi connectivity index (χ4n) is 5.17. The van der Waals surface area contributed by atoms with Crippen LogP contribution >= 0.6 is 0 Å². The van der Waals surface area contributed by atoms with Crippen LogP contribution in [0.15, 0.2) is 35.1 Å². The summed E-state index contributed by atoms with van der Waals surface area (Å²) in [5.41, 5.74) is 6.25. The van der Waals surface area contributed by atoms with E-state index >= 15 is 0 Å². The molecule has 0 fully saturated rings. The molecular weight excluding hydrogens is 390 g/mol. The summed E-state index contributed by atoms with van der Waals surface area (Å²) in [6.07, 6.45) is 5.32. The first-order valence-electron chi connectivity index (χ1n) is 11.3. The summed E-state index contributed by atoms with van der Waals surface area (Å²) >= 11 is 0. The Hall–Kier alpha value is -2.86. The van der Waals surface area contributed by atoms with Gasteiger partial charge in [0.05, 0.1) is 18.1 Å². The zero-order valence-electron chi connectivity index (χ0n) is 18.1. The average Bonchev–Trinajstić information content (AvgIpc) is 3.12. The summed E-state index contributed by atoms with van der Waals surface area (Å²) < 4.78 is 7.29. The fraction of sp³-hybridized carbons (Fsp3) is 0.440. The van der Waals surface area contributed by atoms with Gasteiger partial charge in [0.25, 0.3) is 0 Å². The Labute approximate surface area is 181 Å². The minimum atomic E-state index is -0.0683. The predicted octanol–water partition coefficient (Wildman–Crippen LogP) is 3.70. The maximum Gasteiger partial charge on any atom is 0.326 e. The van der Waals surface area contributed by atoms with E-state index < -0.39 is 0 Å². The van der Waals surface area contributed by atoms with Gasteiger partial charge >= 0.3 is 5.69 Å². The molecule has 0 spiro atoms. The number of aryl methyl sites for hydroxylation is 2. The number of benzene rings is 2. The average molecular weight is 420 g/mol. The van der Waals surface area contributed by atoms with Crippen LogP contribution in [-0.4, -0.2) is 40.4 Å². The smallest absolute Gasteiger partial charge is 0.326 e. The van der Waals surface area contributed by atoms with Crippen molar-refractivity contribution >= 4 is 16.8 Å². The maximum absolute atomic E-state index is 12.8. The van der Waals surface area contributed by atoms with E-state index in [0.29, 0.717) is 6.42 Å². The predicted molar refractivity (Wildman–Crippen MR) is 121 cm³/mol. The van der Waals surface area contributed by atoms with Crippen molar-refractivity contribution in [2.75, 3.05) is 20.2 Å². The second-order valence-corrected chi connectivity index (χ2v) is 8.72. The molecule has 0 amide bonds. The van der Waals surface area contributed by atoms with Crippen molar-refractivity contribution in [3.05, 3.63) is 63.1 Å². The van der Waals surface area contributed by atoms with Crippen LogP contribution in [0.3, 0.4) is 0 Å². The Bertz CT molecular complexity index is 1190. The molecule has 2 aliphatic rings. The van der Waals surface area contributed by atoms with Crippen LogP contribution < -0.4 is 10.4 Å². The van der Waals surface area contributed by atoms with Crippen molar-refractivity contribution in [3.8, 4) is 5.75 Å². The van der Waals surface area contributed by atoms with Gasteiger partial charge in [-0.2, -0.15) is 0 Å². The number of ketones is 1. The number of aromatic amines is 1. The number of H-pyrrole nitrogens is 1. The topological polar surface area (TPSA) is 67.3 Å². The lowest BCUT2D eigenvalue weighted by Gasteiger charge is -2.29. The monoisotopic (exact) mass is 419 g/mol. The number of hydrogen-bond donors (Lipinski definition) is 1. The number of nitrogens with zero attached hydrogens (tertiary/aromatic N) is 2. The lowest BCUT2D eigenvalue weighted by Crippen LogP contribution is -2.31. The van der Waals surface area contributed by atoms with Crippen molar-refractivity contribution in [3.63, 3.8) is 0 Å². The first-order valence-corrected chi connectivity index (χ1v) is 11.3. The van der Waals surface area contributed by atoms with E-state index in [-0.39, 0.29) is 11.5 Å². The molecule has 5 rings (SSSR count). The fourth-order valence-corrected chi connectivity index (χ4v) is 5.17. The number of fused-ring (bicyclic) bond motifs is 1. The van der Waals surface area contributed by atoms with Crippen LogP contribution in [0.2, 0.25) is 0 Å². The van der Waals surface area contributed by atoms with Gasteiger partial charge in [-0.15, -0.1) is 0 Å². The number of aromatic nitrogens is 2. The summed E-state index contributed by atoms with van der Waals surface area (Å²) in [4.78, 5) is 30.3. The van der Waals surface area contributed by atoms with E-state index in [1.165, 1.54) is 11.1 Å². The summed E-state index contributed by atoms with van der Waals surface area (Å²) in [5.74, 6) is 1.17. The Morgan fingerprint density at radius 2 is 2.03 bits per heavy atom. The molecule has 0 saturated heterocycles. The van der Waals surface area contributed by atoms with Crippen LogP contribution in [-0.2, 0) is 25.9 Å². The van der Waals surface area contributed by atoms with Gasteiger partial charge in [-0.1, -0.05) is 12.1 Å². The molecule has 0 bridgehead atoms. The maximum atomic E-state index is 12.8. The molecule has 6 nitrogen and oxygen atoms in total. The Morgan fingerprint density at radius 3 is 2.90 bits per heavy atom. The summed E-state index contributed by atoms with van der Waals surface area (Å²) in [6, 6.07) is 10.2. The standard InChI is InChI=1S/C25H29N3O3/c1-31-23-9-4-6-18-16-27(13-10-20(18)23)11-3-2-8-22(29)19-14-17-7-5-12-28-24(17)21(15-19)26-25(28)30/h4,6,9,14-15H,2-3,5,7-8,10-13,16H2,1H3,(H,26,30). The van der Waals surface area contributed by atoms with Gasteiger partial charge in [0, 0.05) is 31.6 Å². The van der Waals surface area contributed by atoms with Crippen LogP contribution in [0, 0.1) is 0 Å². The molecule has 31 heavy (non-hydrogen) atoms. The number of unbranched alkanes of at least 4 members (excludes halogenated alkanes) is 1. The molecule has 0 radical (unpaired) electrons. The molecule has 6 heteroatoms. The molecular formula is C25H29N3O3. The highest BCUT2D eigenvalue weighted by molar-refractivity contribution is 5.99. The molecule has 2 aliphatic heterocycles. The quantitative estimate of drug-likeness (QED) is 0.468. The molecule has 3 heterocycles. The van der Waals surface area contributed by atoms with Gasteiger partial charge in [0.15, 0.2) is 5.78 Å². The molecule has 3 aromatic rings. The molecule has 162 valence electrons. The van der Waals surface area contributed by atoms with Crippen molar-refractivity contribution in [2.45, 2.75) is 51.6 Å². The minimum absolute atomic E-state index is 0.0683. The van der Waals surface area contributed by atoms with E-state index in [1.807, 2.05) is 18.2 Å². The second kappa shape index (κ2) is 8.35. The van der Waals surface area contributed by atoms with Gasteiger partial charge in [0.1, 0.15) is 5.75 Å². The number of imidazole rings is 1. The summed E-state index contributed by atoms with van der Waals surface area (Å²) in [6.45, 7) is 3.74. The van der Waals surface area contributed by atoms with Crippen LogP contribution in [0.5, 0.6) is 5.75 Å². The molecule has 1 N–H and O–H groups in total. The second-order valence-electron chi connectivity index (χ2n) is 8.72. The van der Waals surface area contributed by atoms with Crippen LogP contribution in [0.25, 0.3) is 11.0 Å². The molecule has 0 saturated carbocycles. The zero-order valence-corrected chi connectivity index (χ0v) is 18.1. The third kappa shape index (κ3) is 3.81. The van der Waals surface area contributed by atoms with Crippen molar-refractivity contribution in [1.29, 1.82) is 0 Å². The highest BCUT2D eigenvalue weighted by Crippen LogP contribution is 2.28. The van der Waals surface area contributed by atoms with Gasteiger partial charge in [0.2, 0.25) is 0 Å².